The number of aromatic nitrogens is 5. The monoisotopic (exact) mass is 417 g/mol. The lowest BCUT2D eigenvalue weighted by Gasteiger charge is -2.28. The zero-order chi connectivity index (χ0) is 21.1. The summed E-state index contributed by atoms with van der Waals surface area (Å²) in [5, 5.41) is 9.86. The number of halogens is 2. The molecular weight excluding hydrogens is 396 g/mol. The van der Waals surface area contributed by atoms with Crippen LogP contribution in [0.1, 0.15) is 24.4 Å². The average Bonchev–Trinajstić information content (AvgIpc) is 3.16. The molecule has 1 atom stereocenters. The lowest BCUT2D eigenvalue weighted by Crippen LogP contribution is -2.37. The molecule has 2 N–H and O–H groups in total. The maximum Gasteiger partial charge on any atom is 0.258 e. The maximum absolute atomic E-state index is 15.3. The number of rotatable bonds is 6. The number of hydrogen-bond donors (Lipinski definition) is 2. The molecule has 4 rings (SSSR count). The fourth-order valence-corrected chi connectivity index (χ4v) is 2.99. The van der Waals surface area contributed by atoms with Crippen LogP contribution in [-0.2, 0) is 4.74 Å². The number of aromatic amines is 1. The number of hydrogen-bond acceptors (Lipinski definition) is 8. The Balaban J connectivity index is 1.66. The third-order valence-corrected chi connectivity index (χ3v) is 4.51. The van der Waals surface area contributed by atoms with Crippen molar-refractivity contribution in [2.45, 2.75) is 20.0 Å². The van der Waals surface area contributed by atoms with Gasteiger partial charge in [0.2, 0.25) is 11.8 Å². The van der Waals surface area contributed by atoms with Crippen molar-refractivity contribution in [1.29, 1.82) is 0 Å². The molecule has 1 saturated heterocycles. The molecular formula is C19H21F2N7O2. The van der Waals surface area contributed by atoms with E-state index in [1.807, 2.05) is 6.92 Å². The molecule has 30 heavy (non-hydrogen) atoms. The van der Waals surface area contributed by atoms with Crippen molar-refractivity contribution in [2.75, 3.05) is 36.5 Å². The maximum atomic E-state index is 15.3. The first kappa shape index (κ1) is 20.0. The smallest absolute Gasteiger partial charge is 0.258 e. The number of aryl methyl sites for hydroxylation is 1. The molecule has 0 aliphatic carbocycles. The molecule has 0 amide bonds. The first-order valence-electron chi connectivity index (χ1n) is 9.47. The fourth-order valence-electron chi connectivity index (χ4n) is 2.99. The van der Waals surface area contributed by atoms with Gasteiger partial charge in [0.15, 0.2) is 11.6 Å². The van der Waals surface area contributed by atoms with E-state index >= 15 is 4.39 Å². The Bertz CT molecular complexity index is 1010. The van der Waals surface area contributed by atoms with E-state index in [-0.39, 0.29) is 17.6 Å². The summed E-state index contributed by atoms with van der Waals surface area (Å²) >= 11 is 0. The second-order valence-corrected chi connectivity index (χ2v) is 6.81. The van der Waals surface area contributed by atoms with Crippen LogP contribution in [0.25, 0.3) is 0 Å². The Morgan fingerprint density at radius 3 is 2.70 bits per heavy atom. The van der Waals surface area contributed by atoms with Gasteiger partial charge in [-0.15, -0.1) is 0 Å². The quantitative estimate of drug-likeness (QED) is 0.631. The molecule has 4 heterocycles. The van der Waals surface area contributed by atoms with Crippen molar-refractivity contribution in [3.05, 3.63) is 47.4 Å². The van der Waals surface area contributed by atoms with E-state index in [0.29, 0.717) is 37.8 Å². The predicted molar refractivity (Wildman–Crippen MR) is 105 cm³/mol. The van der Waals surface area contributed by atoms with Crippen LogP contribution in [0.3, 0.4) is 0 Å². The van der Waals surface area contributed by atoms with Crippen LogP contribution in [-0.4, -0.2) is 51.5 Å². The molecule has 9 nitrogen and oxygen atoms in total. The van der Waals surface area contributed by atoms with Gasteiger partial charge in [-0.2, -0.15) is 19.5 Å². The lowest BCUT2D eigenvalue weighted by molar-refractivity contribution is 0.121. The number of nitrogens with zero attached hydrogens (tertiary/aromatic N) is 5. The van der Waals surface area contributed by atoms with Gasteiger partial charge in [-0.3, -0.25) is 10.1 Å². The van der Waals surface area contributed by atoms with E-state index in [9.17, 15) is 4.39 Å². The molecule has 1 aliphatic heterocycles. The van der Waals surface area contributed by atoms with E-state index in [0.717, 1.165) is 11.9 Å². The van der Waals surface area contributed by atoms with Gasteiger partial charge in [-0.25, -0.2) is 4.39 Å². The van der Waals surface area contributed by atoms with Gasteiger partial charge in [0, 0.05) is 24.8 Å². The number of morpholine rings is 1. The molecule has 3 aromatic heterocycles. The third-order valence-electron chi connectivity index (χ3n) is 4.51. The van der Waals surface area contributed by atoms with E-state index in [2.05, 4.69) is 30.5 Å². The van der Waals surface area contributed by atoms with Crippen LogP contribution in [0.5, 0.6) is 5.88 Å². The zero-order valence-corrected chi connectivity index (χ0v) is 16.5. The van der Waals surface area contributed by atoms with Crippen molar-refractivity contribution in [3.8, 4) is 5.88 Å². The topological polar surface area (TPSA) is 101 Å². The van der Waals surface area contributed by atoms with Crippen molar-refractivity contribution < 1.29 is 18.3 Å². The van der Waals surface area contributed by atoms with E-state index in [4.69, 9.17) is 9.47 Å². The molecule has 1 fully saturated rings. The van der Waals surface area contributed by atoms with Gasteiger partial charge in [-0.05, 0) is 26.0 Å². The summed E-state index contributed by atoms with van der Waals surface area (Å²) in [5.41, 5.74) is 1.29. The lowest BCUT2D eigenvalue weighted by atomic mass is 10.2. The number of ether oxygens (including phenoxy) is 2. The first-order chi connectivity index (χ1) is 14.5. The number of pyridine rings is 1. The van der Waals surface area contributed by atoms with Crippen LogP contribution in [0.4, 0.5) is 26.4 Å². The van der Waals surface area contributed by atoms with Gasteiger partial charge in [0.25, 0.3) is 5.88 Å². The minimum atomic E-state index is -0.686. The van der Waals surface area contributed by atoms with Crippen LogP contribution in [0, 0.1) is 18.6 Å². The van der Waals surface area contributed by atoms with E-state index in [1.54, 1.807) is 17.9 Å². The Morgan fingerprint density at radius 2 is 2.03 bits per heavy atom. The molecule has 0 radical (unpaired) electrons. The van der Waals surface area contributed by atoms with Crippen molar-refractivity contribution >= 4 is 17.6 Å². The van der Waals surface area contributed by atoms with Gasteiger partial charge >= 0.3 is 0 Å². The van der Waals surface area contributed by atoms with Gasteiger partial charge < -0.3 is 19.7 Å². The van der Waals surface area contributed by atoms with Crippen LogP contribution < -0.4 is 15.0 Å². The average molecular weight is 417 g/mol. The minimum Gasteiger partial charge on any atom is -0.466 e. The Kier molecular flexibility index (Phi) is 5.70. The van der Waals surface area contributed by atoms with Gasteiger partial charge in [-0.1, -0.05) is 0 Å². The summed E-state index contributed by atoms with van der Waals surface area (Å²) in [6.45, 7) is 5.45. The standard InChI is InChI=1S/C19H21F2N7O2/c1-11-9-15(27-26-11)23-19-24-17(28-5-7-29-8-6-28)16(21)18(25-19)30-12(2)14-4-3-13(20)10-22-14/h3-4,9-10,12H,5-8H2,1-2H3,(H2,23,24,25,26,27). The van der Waals surface area contributed by atoms with E-state index in [1.165, 1.54) is 12.1 Å². The summed E-state index contributed by atoms with van der Waals surface area (Å²) < 4.78 is 39.5. The Morgan fingerprint density at radius 1 is 1.23 bits per heavy atom. The highest BCUT2D eigenvalue weighted by Gasteiger charge is 2.24. The second kappa shape index (κ2) is 8.57. The first-order valence-corrected chi connectivity index (χ1v) is 9.47. The van der Waals surface area contributed by atoms with Gasteiger partial charge in [0.1, 0.15) is 11.9 Å². The normalized spacial score (nSPS) is 15.1. The van der Waals surface area contributed by atoms with Crippen LogP contribution in [0.15, 0.2) is 24.4 Å². The van der Waals surface area contributed by atoms with Crippen LogP contribution in [0.2, 0.25) is 0 Å². The fraction of sp³-hybridized carbons (Fsp3) is 0.368. The van der Waals surface area contributed by atoms with Crippen LogP contribution >= 0.6 is 0 Å². The third kappa shape index (κ3) is 4.46. The summed E-state index contributed by atoms with van der Waals surface area (Å²) in [7, 11) is 0. The zero-order valence-electron chi connectivity index (χ0n) is 16.5. The molecule has 0 spiro atoms. The second-order valence-electron chi connectivity index (χ2n) is 6.81. The SMILES string of the molecule is Cc1cc(Nc2nc(OC(C)c3ccc(F)cn3)c(F)c(N3CCOCC3)n2)n[nH]1. The Labute approximate surface area is 171 Å². The summed E-state index contributed by atoms with van der Waals surface area (Å²) in [6, 6.07) is 4.52. The minimum absolute atomic E-state index is 0.109. The van der Waals surface area contributed by atoms with Crippen molar-refractivity contribution in [3.63, 3.8) is 0 Å². The van der Waals surface area contributed by atoms with Crippen molar-refractivity contribution in [2.24, 2.45) is 0 Å². The summed E-state index contributed by atoms with van der Waals surface area (Å²) in [4.78, 5) is 14.3. The molecule has 1 aliphatic rings. The highest BCUT2D eigenvalue weighted by Crippen LogP contribution is 2.30. The molecule has 0 bridgehead atoms. The molecule has 11 heteroatoms. The summed E-state index contributed by atoms with van der Waals surface area (Å²) in [6.07, 6.45) is 0.422. The number of anilines is 3. The molecule has 0 aromatic carbocycles. The molecule has 0 saturated carbocycles. The number of H-pyrrole nitrogens is 1. The predicted octanol–water partition coefficient (Wildman–Crippen LogP) is 2.90. The largest absolute Gasteiger partial charge is 0.466 e. The highest BCUT2D eigenvalue weighted by molar-refractivity contribution is 5.54. The molecule has 158 valence electrons. The highest BCUT2D eigenvalue weighted by atomic mass is 19.1. The Hall–Kier alpha value is -3.34. The van der Waals surface area contributed by atoms with E-state index < -0.39 is 17.7 Å². The molecule has 1 unspecified atom stereocenters. The number of nitrogens with one attached hydrogen (secondary N) is 2. The summed E-state index contributed by atoms with van der Waals surface area (Å²) in [5.74, 6) is -0.647. The van der Waals surface area contributed by atoms with Crippen molar-refractivity contribution in [1.82, 2.24) is 25.1 Å². The molecule has 3 aromatic rings. The van der Waals surface area contributed by atoms with Gasteiger partial charge in [0.05, 0.1) is 25.1 Å².